The Labute approximate surface area is 116 Å². The van der Waals surface area contributed by atoms with Crippen molar-refractivity contribution in [2.75, 3.05) is 19.6 Å². The molecule has 5 nitrogen and oxygen atoms in total. The molecular formula is C14H16FN3O2. The smallest absolute Gasteiger partial charge is 0.252 e. The van der Waals surface area contributed by atoms with E-state index in [9.17, 15) is 14.0 Å². The van der Waals surface area contributed by atoms with Crippen LogP contribution in [0.1, 0.15) is 22.8 Å². The molecule has 0 aliphatic rings. The zero-order valence-corrected chi connectivity index (χ0v) is 11.1. The summed E-state index contributed by atoms with van der Waals surface area (Å²) in [5.41, 5.74) is 5.82. The predicted molar refractivity (Wildman–Crippen MR) is 73.3 cm³/mol. The third-order valence-electron chi connectivity index (χ3n) is 2.34. The van der Waals surface area contributed by atoms with Gasteiger partial charge in [-0.05, 0) is 18.2 Å². The van der Waals surface area contributed by atoms with Crippen LogP contribution >= 0.6 is 0 Å². The Morgan fingerprint density at radius 2 is 2.00 bits per heavy atom. The van der Waals surface area contributed by atoms with Crippen LogP contribution in [0.4, 0.5) is 4.39 Å². The Morgan fingerprint density at radius 1 is 1.30 bits per heavy atom. The van der Waals surface area contributed by atoms with Crippen molar-refractivity contribution in [3.05, 3.63) is 35.1 Å². The van der Waals surface area contributed by atoms with Gasteiger partial charge in [0.05, 0.1) is 12.1 Å². The normalized spacial score (nSPS) is 9.35. The Bertz CT molecular complexity index is 561. The van der Waals surface area contributed by atoms with Crippen LogP contribution in [0.25, 0.3) is 0 Å². The summed E-state index contributed by atoms with van der Waals surface area (Å²) in [6, 6.07) is 3.74. The molecule has 0 aromatic heterocycles. The van der Waals surface area contributed by atoms with E-state index in [4.69, 9.17) is 5.73 Å². The van der Waals surface area contributed by atoms with E-state index in [0.717, 1.165) is 0 Å². The van der Waals surface area contributed by atoms with Crippen LogP contribution in [-0.4, -0.2) is 31.4 Å². The van der Waals surface area contributed by atoms with Crippen LogP contribution in [0.5, 0.6) is 0 Å². The largest absolute Gasteiger partial charge is 0.355 e. The summed E-state index contributed by atoms with van der Waals surface area (Å²) in [5.74, 6) is 4.22. The Morgan fingerprint density at radius 3 is 2.65 bits per heavy atom. The molecule has 0 aliphatic carbocycles. The van der Waals surface area contributed by atoms with E-state index in [1.165, 1.54) is 25.1 Å². The van der Waals surface area contributed by atoms with Crippen LogP contribution in [-0.2, 0) is 4.79 Å². The summed E-state index contributed by atoms with van der Waals surface area (Å²) < 4.78 is 13.2. The van der Waals surface area contributed by atoms with Gasteiger partial charge in [0.1, 0.15) is 5.82 Å². The fourth-order valence-electron chi connectivity index (χ4n) is 1.47. The minimum atomic E-state index is -0.471. The fourth-order valence-corrected chi connectivity index (χ4v) is 1.47. The van der Waals surface area contributed by atoms with Gasteiger partial charge in [0.25, 0.3) is 5.91 Å². The standard InChI is InChI=1S/C14H16FN3O2/c1-10(19)17-7-8-18-14(20)13-5-4-12(15)9-11(13)3-2-6-16/h4-5,9H,6-8,16H2,1H3,(H,17,19)(H,18,20). The number of nitrogens with two attached hydrogens (primary N) is 1. The van der Waals surface area contributed by atoms with E-state index in [-0.39, 0.29) is 36.0 Å². The number of hydrogen-bond donors (Lipinski definition) is 3. The maximum absolute atomic E-state index is 13.2. The fraction of sp³-hybridized carbons (Fsp3) is 0.286. The first-order valence-electron chi connectivity index (χ1n) is 6.05. The number of hydrogen-bond acceptors (Lipinski definition) is 3. The molecule has 0 saturated carbocycles. The lowest BCUT2D eigenvalue weighted by Gasteiger charge is -2.07. The number of halogens is 1. The average molecular weight is 277 g/mol. The molecule has 0 atom stereocenters. The first-order chi connectivity index (χ1) is 9.54. The molecule has 0 radical (unpaired) electrons. The maximum Gasteiger partial charge on any atom is 0.252 e. The summed E-state index contributed by atoms with van der Waals surface area (Å²) in [6.07, 6.45) is 0. The van der Waals surface area contributed by atoms with Crippen molar-refractivity contribution in [1.29, 1.82) is 0 Å². The van der Waals surface area contributed by atoms with Gasteiger partial charge in [-0.3, -0.25) is 9.59 Å². The van der Waals surface area contributed by atoms with E-state index >= 15 is 0 Å². The van der Waals surface area contributed by atoms with Gasteiger partial charge in [0, 0.05) is 25.6 Å². The second-order valence-electron chi connectivity index (χ2n) is 3.93. The van der Waals surface area contributed by atoms with E-state index in [1.807, 2.05) is 0 Å². The van der Waals surface area contributed by atoms with Gasteiger partial charge in [-0.15, -0.1) is 0 Å². The van der Waals surface area contributed by atoms with Gasteiger partial charge in [-0.2, -0.15) is 0 Å². The van der Waals surface area contributed by atoms with Gasteiger partial charge in [0.15, 0.2) is 0 Å². The molecule has 0 heterocycles. The average Bonchev–Trinajstić information content (AvgIpc) is 2.41. The summed E-state index contributed by atoms with van der Waals surface area (Å²) in [6.45, 7) is 2.12. The molecule has 0 saturated heterocycles. The predicted octanol–water partition coefficient (Wildman–Crippen LogP) is 0.00180. The maximum atomic E-state index is 13.2. The van der Waals surface area contributed by atoms with E-state index in [0.29, 0.717) is 6.54 Å². The molecule has 0 fully saturated rings. The van der Waals surface area contributed by atoms with E-state index in [2.05, 4.69) is 22.5 Å². The first-order valence-corrected chi connectivity index (χ1v) is 6.05. The molecule has 1 rings (SSSR count). The van der Waals surface area contributed by atoms with Crippen molar-refractivity contribution < 1.29 is 14.0 Å². The van der Waals surface area contributed by atoms with Crippen LogP contribution in [0.2, 0.25) is 0 Å². The molecule has 1 aromatic carbocycles. The zero-order valence-electron chi connectivity index (χ0n) is 11.1. The highest BCUT2D eigenvalue weighted by Crippen LogP contribution is 2.10. The topological polar surface area (TPSA) is 84.2 Å². The Kier molecular flexibility index (Phi) is 6.20. The summed E-state index contributed by atoms with van der Waals surface area (Å²) >= 11 is 0. The zero-order chi connectivity index (χ0) is 15.0. The number of benzene rings is 1. The summed E-state index contributed by atoms with van der Waals surface area (Å²) in [7, 11) is 0. The minimum Gasteiger partial charge on any atom is -0.355 e. The van der Waals surface area contributed by atoms with Gasteiger partial charge >= 0.3 is 0 Å². The lowest BCUT2D eigenvalue weighted by atomic mass is 10.1. The van der Waals surface area contributed by atoms with Crippen LogP contribution in [0.15, 0.2) is 18.2 Å². The summed E-state index contributed by atoms with van der Waals surface area (Å²) in [5, 5.41) is 5.17. The highest BCUT2D eigenvalue weighted by molar-refractivity contribution is 5.96. The lowest BCUT2D eigenvalue weighted by Crippen LogP contribution is -2.33. The van der Waals surface area contributed by atoms with Crippen molar-refractivity contribution in [1.82, 2.24) is 10.6 Å². The third-order valence-corrected chi connectivity index (χ3v) is 2.34. The monoisotopic (exact) mass is 277 g/mol. The number of carbonyl (C=O) groups excluding carboxylic acids is 2. The Balaban J connectivity index is 2.74. The van der Waals surface area contributed by atoms with Crippen LogP contribution < -0.4 is 16.4 Å². The second-order valence-corrected chi connectivity index (χ2v) is 3.93. The number of rotatable bonds is 4. The molecule has 106 valence electrons. The third kappa shape index (κ3) is 5.08. The lowest BCUT2D eigenvalue weighted by molar-refractivity contribution is -0.118. The molecule has 0 spiro atoms. The molecule has 0 aliphatic heterocycles. The van der Waals surface area contributed by atoms with Crippen LogP contribution in [0, 0.1) is 17.7 Å². The van der Waals surface area contributed by atoms with E-state index in [1.54, 1.807) is 0 Å². The minimum absolute atomic E-state index is 0.125. The SMILES string of the molecule is CC(=O)NCCNC(=O)c1ccc(F)cc1C#CCN. The molecule has 4 N–H and O–H groups in total. The van der Waals surface area contributed by atoms with Crippen molar-refractivity contribution in [3.63, 3.8) is 0 Å². The van der Waals surface area contributed by atoms with Crippen molar-refractivity contribution >= 4 is 11.8 Å². The van der Waals surface area contributed by atoms with E-state index < -0.39 is 5.82 Å². The number of carbonyl (C=O) groups is 2. The molecule has 20 heavy (non-hydrogen) atoms. The van der Waals surface area contributed by atoms with Gasteiger partial charge in [-0.25, -0.2) is 4.39 Å². The van der Waals surface area contributed by atoms with Crippen molar-refractivity contribution in [2.24, 2.45) is 5.73 Å². The molecule has 1 aromatic rings. The van der Waals surface area contributed by atoms with Crippen molar-refractivity contribution in [2.45, 2.75) is 6.92 Å². The number of amides is 2. The molecule has 6 heteroatoms. The van der Waals surface area contributed by atoms with Gasteiger partial charge < -0.3 is 16.4 Å². The van der Waals surface area contributed by atoms with Gasteiger partial charge in [-0.1, -0.05) is 11.8 Å². The molecular weight excluding hydrogens is 261 g/mol. The molecule has 0 unspecified atom stereocenters. The van der Waals surface area contributed by atoms with Gasteiger partial charge in [0.2, 0.25) is 5.91 Å². The first kappa shape index (κ1) is 15.7. The molecule has 2 amide bonds. The summed E-state index contributed by atoms with van der Waals surface area (Å²) in [4.78, 5) is 22.6. The highest BCUT2D eigenvalue weighted by atomic mass is 19.1. The quantitative estimate of drug-likeness (QED) is 0.535. The second kappa shape index (κ2) is 7.92. The molecule has 0 bridgehead atoms. The Hall–Kier alpha value is -2.39. The van der Waals surface area contributed by atoms with Crippen molar-refractivity contribution in [3.8, 4) is 11.8 Å². The van der Waals surface area contributed by atoms with Crippen LogP contribution in [0.3, 0.4) is 0 Å². The number of nitrogens with one attached hydrogen (secondary N) is 2. The highest BCUT2D eigenvalue weighted by Gasteiger charge is 2.10.